The van der Waals surface area contributed by atoms with Gasteiger partial charge in [-0.05, 0) is 44.1 Å². The highest BCUT2D eigenvalue weighted by Gasteiger charge is 2.30. The van der Waals surface area contributed by atoms with Gasteiger partial charge >= 0.3 is 0 Å². The van der Waals surface area contributed by atoms with Crippen molar-refractivity contribution in [2.24, 2.45) is 5.92 Å². The molecule has 1 aromatic carbocycles. The van der Waals surface area contributed by atoms with Gasteiger partial charge in [-0.15, -0.1) is 0 Å². The van der Waals surface area contributed by atoms with Crippen LogP contribution in [0.1, 0.15) is 38.2 Å². The lowest BCUT2D eigenvalue weighted by molar-refractivity contribution is -0.138. The van der Waals surface area contributed by atoms with Crippen LogP contribution in [-0.4, -0.2) is 29.3 Å². The minimum absolute atomic E-state index is 0.0333. The SMILES string of the molecule is C/C(=C\C(=O)NC1CCCN(Cc2ccccc2)C1=O)C1CC1. The Morgan fingerprint density at radius 3 is 2.70 bits per heavy atom. The normalized spacial score (nSPS) is 22.1. The number of piperidine rings is 1. The Labute approximate surface area is 137 Å². The van der Waals surface area contributed by atoms with Crippen molar-refractivity contribution in [1.82, 2.24) is 10.2 Å². The molecular formula is C19H24N2O2. The van der Waals surface area contributed by atoms with Crippen molar-refractivity contribution in [2.75, 3.05) is 6.54 Å². The molecule has 2 fully saturated rings. The summed E-state index contributed by atoms with van der Waals surface area (Å²) in [6, 6.07) is 9.60. The smallest absolute Gasteiger partial charge is 0.245 e. The first-order valence-electron chi connectivity index (χ1n) is 8.45. The van der Waals surface area contributed by atoms with Crippen LogP contribution < -0.4 is 5.32 Å². The summed E-state index contributed by atoms with van der Waals surface area (Å²) < 4.78 is 0. The Kier molecular flexibility index (Phi) is 4.79. The number of likely N-dealkylation sites (tertiary alicyclic amines) is 1. The van der Waals surface area contributed by atoms with E-state index in [0.29, 0.717) is 12.5 Å². The van der Waals surface area contributed by atoms with Crippen molar-refractivity contribution in [3.05, 3.63) is 47.5 Å². The van der Waals surface area contributed by atoms with Crippen molar-refractivity contribution in [3.8, 4) is 0 Å². The van der Waals surface area contributed by atoms with Gasteiger partial charge in [0.1, 0.15) is 6.04 Å². The van der Waals surface area contributed by atoms with Crippen molar-refractivity contribution in [1.29, 1.82) is 0 Å². The Morgan fingerprint density at radius 2 is 2.00 bits per heavy atom. The van der Waals surface area contributed by atoms with E-state index in [2.05, 4.69) is 5.32 Å². The van der Waals surface area contributed by atoms with E-state index in [1.807, 2.05) is 42.2 Å². The topological polar surface area (TPSA) is 49.4 Å². The van der Waals surface area contributed by atoms with Gasteiger partial charge in [0.15, 0.2) is 0 Å². The lowest BCUT2D eigenvalue weighted by Gasteiger charge is -2.32. The molecule has 23 heavy (non-hydrogen) atoms. The van der Waals surface area contributed by atoms with E-state index in [1.165, 1.54) is 12.8 Å². The molecule has 122 valence electrons. The Hall–Kier alpha value is -2.10. The first kappa shape index (κ1) is 15.8. The van der Waals surface area contributed by atoms with Crippen molar-refractivity contribution in [3.63, 3.8) is 0 Å². The zero-order valence-corrected chi connectivity index (χ0v) is 13.6. The van der Waals surface area contributed by atoms with Crippen LogP contribution in [-0.2, 0) is 16.1 Å². The molecule has 1 saturated carbocycles. The van der Waals surface area contributed by atoms with Crippen LogP contribution in [0.5, 0.6) is 0 Å². The van der Waals surface area contributed by atoms with E-state index in [1.54, 1.807) is 6.08 Å². The maximum absolute atomic E-state index is 12.6. The first-order chi connectivity index (χ1) is 11.1. The summed E-state index contributed by atoms with van der Waals surface area (Å²) in [5.41, 5.74) is 2.25. The summed E-state index contributed by atoms with van der Waals surface area (Å²) in [6.45, 7) is 3.38. The average molecular weight is 312 g/mol. The predicted molar refractivity (Wildman–Crippen MR) is 89.5 cm³/mol. The number of hydrogen-bond acceptors (Lipinski definition) is 2. The second kappa shape index (κ2) is 6.99. The summed E-state index contributed by atoms with van der Waals surface area (Å²) in [5, 5.41) is 2.89. The maximum atomic E-state index is 12.6. The van der Waals surface area contributed by atoms with Gasteiger partial charge < -0.3 is 10.2 Å². The van der Waals surface area contributed by atoms with Crippen LogP contribution >= 0.6 is 0 Å². The van der Waals surface area contributed by atoms with Gasteiger partial charge in [-0.25, -0.2) is 0 Å². The van der Waals surface area contributed by atoms with Gasteiger partial charge in [-0.2, -0.15) is 0 Å². The molecule has 4 heteroatoms. The van der Waals surface area contributed by atoms with Crippen LogP contribution in [0, 0.1) is 5.92 Å². The second-order valence-corrected chi connectivity index (χ2v) is 6.61. The Morgan fingerprint density at radius 1 is 1.26 bits per heavy atom. The number of carbonyl (C=O) groups excluding carboxylic acids is 2. The Balaban J connectivity index is 1.58. The van der Waals surface area contributed by atoms with Gasteiger partial charge in [0.25, 0.3) is 0 Å². The van der Waals surface area contributed by atoms with Crippen molar-refractivity contribution in [2.45, 2.75) is 45.2 Å². The molecule has 0 aromatic heterocycles. The number of carbonyl (C=O) groups is 2. The molecule has 1 atom stereocenters. The van der Waals surface area contributed by atoms with Crippen LogP contribution in [0.3, 0.4) is 0 Å². The van der Waals surface area contributed by atoms with Crippen LogP contribution in [0.2, 0.25) is 0 Å². The largest absolute Gasteiger partial charge is 0.341 e. The zero-order chi connectivity index (χ0) is 16.2. The summed E-state index contributed by atoms with van der Waals surface area (Å²) in [4.78, 5) is 26.5. The number of nitrogens with zero attached hydrogens (tertiary/aromatic N) is 1. The lowest BCUT2D eigenvalue weighted by atomic mass is 10.0. The zero-order valence-electron chi connectivity index (χ0n) is 13.6. The highest BCUT2D eigenvalue weighted by Crippen LogP contribution is 2.35. The summed E-state index contributed by atoms with van der Waals surface area (Å²) in [5.74, 6) is 0.484. The van der Waals surface area contributed by atoms with E-state index >= 15 is 0 Å². The van der Waals surface area contributed by atoms with E-state index in [-0.39, 0.29) is 17.9 Å². The number of nitrogens with one attached hydrogen (secondary N) is 1. The molecule has 0 radical (unpaired) electrons. The number of benzene rings is 1. The number of rotatable bonds is 5. The van der Waals surface area contributed by atoms with Crippen LogP contribution in [0.4, 0.5) is 0 Å². The third-order valence-corrected chi connectivity index (χ3v) is 4.64. The van der Waals surface area contributed by atoms with Gasteiger partial charge in [-0.1, -0.05) is 35.9 Å². The first-order valence-corrected chi connectivity index (χ1v) is 8.45. The quantitative estimate of drug-likeness (QED) is 0.850. The number of allylic oxidation sites excluding steroid dienone is 1. The van der Waals surface area contributed by atoms with E-state index in [4.69, 9.17) is 0 Å². The minimum atomic E-state index is -0.386. The molecule has 1 unspecified atom stereocenters. The monoisotopic (exact) mass is 312 g/mol. The fraction of sp³-hybridized carbons (Fsp3) is 0.474. The van der Waals surface area contributed by atoms with E-state index in [0.717, 1.165) is 30.5 Å². The summed E-state index contributed by atoms with van der Waals surface area (Å²) in [7, 11) is 0. The Bertz CT molecular complexity index is 605. The molecule has 1 aromatic rings. The third-order valence-electron chi connectivity index (χ3n) is 4.64. The minimum Gasteiger partial charge on any atom is -0.341 e. The highest BCUT2D eigenvalue weighted by molar-refractivity contribution is 5.93. The fourth-order valence-corrected chi connectivity index (χ4v) is 3.11. The summed E-state index contributed by atoms with van der Waals surface area (Å²) >= 11 is 0. The third kappa shape index (κ3) is 4.21. The molecule has 1 heterocycles. The van der Waals surface area contributed by atoms with Crippen molar-refractivity contribution < 1.29 is 9.59 Å². The van der Waals surface area contributed by atoms with Gasteiger partial charge in [0.05, 0.1) is 0 Å². The van der Waals surface area contributed by atoms with Gasteiger partial charge in [0, 0.05) is 19.2 Å². The molecule has 1 aliphatic heterocycles. The lowest BCUT2D eigenvalue weighted by Crippen LogP contribution is -2.51. The average Bonchev–Trinajstić information content (AvgIpc) is 3.37. The highest BCUT2D eigenvalue weighted by atomic mass is 16.2. The molecule has 1 aliphatic carbocycles. The number of amides is 2. The second-order valence-electron chi connectivity index (χ2n) is 6.61. The molecule has 3 rings (SSSR count). The summed E-state index contributed by atoms with van der Waals surface area (Å²) in [6.07, 6.45) is 5.69. The van der Waals surface area contributed by atoms with E-state index in [9.17, 15) is 9.59 Å². The number of hydrogen-bond donors (Lipinski definition) is 1. The molecule has 2 amide bonds. The van der Waals surface area contributed by atoms with Crippen molar-refractivity contribution >= 4 is 11.8 Å². The molecule has 2 aliphatic rings. The van der Waals surface area contributed by atoms with Crippen LogP contribution in [0.15, 0.2) is 42.0 Å². The van der Waals surface area contributed by atoms with E-state index < -0.39 is 0 Å². The molecule has 4 nitrogen and oxygen atoms in total. The predicted octanol–water partition coefficient (Wildman–Crippen LogP) is 2.65. The molecule has 0 bridgehead atoms. The molecule has 0 spiro atoms. The standard InChI is InChI=1S/C19H24N2O2/c1-14(16-9-10-16)12-18(22)20-17-8-5-11-21(19(17)23)13-15-6-3-2-4-7-15/h2-4,6-7,12,16-17H,5,8-11,13H2,1H3,(H,20,22)/b14-12+. The molecule has 1 saturated heterocycles. The maximum Gasteiger partial charge on any atom is 0.245 e. The molecular weight excluding hydrogens is 288 g/mol. The van der Waals surface area contributed by atoms with Gasteiger partial charge in [0.2, 0.25) is 11.8 Å². The fourth-order valence-electron chi connectivity index (χ4n) is 3.11. The van der Waals surface area contributed by atoms with Crippen LogP contribution in [0.25, 0.3) is 0 Å². The van der Waals surface area contributed by atoms with Gasteiger partial charge in [-0.3, -0.25) is 9.59 Å². The molecule has 1 N–H and O–H groups in total.